The van der Waals surface area contributed by atoms with Gasteiger partial charge in [0.2, 0.25) is 5.91 Å². The Balaban J connectivity index is 1.92. The first-order valence-corrected chi connectivity index (χ1v) is 6.89. The Morgan fingerprint density at radius 1 is 1.39 bits per heavy atom. The topological polar surface area (TPSA) is 51.3 Å². The first kappa shape index (κ1) is 13.1. The molecule has 18 heavy (non-hydrogen) atoms. The van der Waals surface area contributed by atoms with Gasteiger partial charge in [-0.05, 0) is 37.3 Å². The normalized spacial score (nSPS) is 17.8. The van der Waals surface area contributed by atoms with Crippen molar-refractivity contribution in [2.45, 2.75) is 45.2 Å². The van der Waals surface area contributed by atoms with Crippen LogP contribution in [0, 0.1) is 0 Å². The number of hydrogen-bond donors (Lipinski definition) is 1. The minimum absolute atomic E-state index is 0.0799. The molecule has 1 atom stereocenters. The SMILES string of the molecule is CCC(N)c1ccn(CC(=O)N2CCCCC2)c1. The molecule has 1 aliphatic rings. The van der Waals surface area contributed by atoms with E-state index in [4.69, 9.17) is 5.73 Å². The minimum Gasteiger partial charge on any atom is -0.345 e. The molecule has 1 saturated heterocycles. The van der Waals surface area contributed by atoms with Crippen molar-refractivity contribution in [3.63, 3.8) is 0 Å². The smallest absolute Gasteiger partial charge is 0.242 e. The van der Waals surface area contributed by atoms with E-state index in [0.717, 1.165) is 37.9 Å². The standard InChI is InChI=1S/C14H23N3O/c1-2-13(15)12-6-9-16(10-12)11-14(18)17-7-4-3-5-8-17/h6,9-10,13H,2-5,7-8,11,15H2,1H3. The highest BCUT2D eigenvalue weighted by Crippen LogP contribution is 2.14. The molecule has 4 nitrogen and oxygen atoms in total. The fraction of sp³-hybridized carbons (Fsp3) is 0.643. The summed E-state index contributed by atoms with van der Waals surface area (Å²) in [4.78, 5) is 14.1. The average Bonchev–Trinajstić information content (AvgIpc) is 2.87. The van der Waals surface area contributed by atoms with Crippen LogP contribution in [0.15, 0.2) is 18.5 Å². The van der Waals surface area contributed by atoms with E-state index in [1.165, 1.54) is 6.42 Å². The summed E-state index contributed by atoms with van der Waals surface area (Å²) in [6.45, 7) is 4.35. The summed E-state index contributed by atoms with van der Waals surface area (Å²) in [5, 5.41) is 0. The Bertz CT molecular complexity index is 393. The third-order valence-corrected chi connectivity index (χ3v) is 3.67. The van der Waals surface area contributed by atoms with E-state index in [9.17, 15) is 4.79 Å². The summed E-state index contributed by atoms with van der Waals surface area (Å²) < 4.78 is 1.95. The number of nitrogens with two attached hydrogens (primary N) is 1. The van der Waals surface area contributed by atoms with Gasteiger partial charge in [0, 0.05) is 31.5 Å². The first-order chi connectivity index (χ1) is 8.70. The van der Waals surface area contributed by atoms with Gasteiger partial charge < -0.3 is 15.2 Å². The van der Waals surface area contributed by atoms with Crippen LogP contribution in [0.2, 0.25) is 0 Å². The number of aromatic nitrogens is 1. The van der Waals surface area contributed by atoms with Crippen LogP contribution in [0.25, 0.3) is 0 Å². The molecular formula is C14H23N3O. The monoisotopic (exact) mass is 249 g/mol. The average molecular weight is 249 g/mol. The molecule has 1 amide bonds. The molecule has 4 heteroatoms. The van der Waals surface area contributed by atoms with Crippen molar-refractivity contribution >= 4 is 5.91 Å². The van der Waals surface area contributed by atoms with E-state index < -0.39 is 0 Å². The Kier molecular flexibility index (Phi) is 4.42. The number of carbonyl (C=O) groups is 1. The summed E-state index contributed by atoms with van der Waals surface area (Å²) in [5.41, 5.74) is 7.09. The van der Waals surface area contributed by atoms with E-state index in [0.29, 0.717) is 6.54 Å². The van der Waals surface area contributed by atoms with Crippen LogP contribution >= 0.6 is 0 Å². The number of amides is 1. The molecule has 0 saturated carbocycles. The molecule has 2 rings (SSSR count). The highest BCUT2D eigenvalue weighted by atomic mass is 16.2. The van der Waals surface area contributed by atoms with Crippen LogP contribution in [0.5, 0.6) is 0 Å². The summed E-state index contributed by atoms with van der Waals surface area (Å²) in [5.74, 6) is 0.224. The zero-order valence-electron chi connectivity index (χ0n) is 11.1. The van der Waals surface area contributed by atoms with Crippen molar-refractivity contribution in [2.75, 3.05) is 13.1 Å². The van der Waals surface area contributed by atoms with E-state index in [2.05, 4.69) is 6.92 Å². The lowest BCUT2D eigenvalue weighted by Crippen LogP contribution is -2.37. The van der Waals surface area contributed by atoms with Crippen LogP contribution in [0.4, 0.5) is 0 Å². The van der Waals surface area contributed by atoms with Crippen molar-refractivity contribution < 1.29 is 4.79 Å². The molecule has 1 aliphatic heterocycles. The third kappa shape index (κ3) is 3.13. The molecule has 1 aromatic rings. The third-order valence-electron chi connectivity index (χ3n) is 3.67. The fourth-order valence-electron chi connectivity index (χ4n) is 2.41. The first-order valence-electron chi connectivity index (χ1n) is 6.89. The minimum atomic E-state index is 0.0799. The molecule has 1 fully saturated rings. The Morgan fingerprint density at radius 2 is 2.11 bits per heavy atom. The van der Waals surface area contributed by atoms with Gasteiger partial charge >= 0.3 is 0 Å². The summed E-state index contributed by atoms with van der Waals surface area (Å²) in [7, 11) is 0. The Labute approximate surface area is 109 Å². The quantitative estimate of drug-likeness (QED) is 0.886. The molecule has 2 heterocycles. The molecule has 2 N–H and O–H groups in total. The summed E-state index contributed by atoms with van der Waals surface area (Å²) >= 11 is 0. The largest absolute Gasteiger partial charge is 0.345 e. The van der Waals surface area contributed by atoms with Crippen LogP contribution in [0.1, 0.15) is 44.2 Å². The number of hydrogen-bond acceptors (Lipinski definition) is 2. The maximum Gasteiger partial charge on any atom is 0.242 e. The van der Waals surface area contributed by atoms with E-state index in [1.54, 1.807) is 0 Å². The molecule has 1 unspecified atom stereocenters. The number of piperidine rings is 1. The van der Waals surface area contributed by atoms with Gasteiger partial charge in [-0.25, -0.2) is 0 Å². The number of carbonyl (C=O) groups excluding carboxylic acids is 1. The maximum atomic E-state index is 12.1. The molecule has 0 radical (unpaired) electrons. The van der Waals surface area contributed by atoms with Gasteiger partial charge in [0.1, 0.15) is 6.54 Å². The lowest BCUT2D eigenvalue weighted by molar-refractivity contribution is -0.132. The molecule has 100 valence electrons. The van der Waals surface area contributed by atoms with Crippen molar-refractivity contribution in [2.24, 2.45) is 5.73 Å². The predicted molar refractivity (Wildman–Crippen MR) is 72.1 cm³/mol. The zero-order valence-corrected chi connectivity index (χ0v) is 11.1. The van der Waals surface area contributed by atoms with Crippen LogP contribution in [0.3, 0.4) is 0 Å². The zero-order chi connectivity index (χ0) is 13.0. The van der Waals surface area contributed by atoms with Gasteiger partial charge in [0.25, 0.3) is 0 Å². The molecule has 1 aromatic heterocycles. The van der Waals surface area contributed by atoms with E-state index >= 15 is 0 Å². The second kappa shape index (κ2) is 6.05. The van der Waals surface area contributed by atoms with Gasteiger partial charge in [0.15, 0.2) is 0 Å². The number of rotatable bonds is 4. The van der Waals surface area contributed by atoms with E-state index in [-0.39, 0.29) is 11.9 Å². The van der Waals surface area contributed by atoms with Gasteiger partial charge in [-0.3, -0.25) is 4.79 Å². The molecule has 0 bridgehead atoms. The highest BCUT2D eigenvalue weighted by molar-refractivity contribution is 5.76. The molecule has 0 aliphatic carbocycles. The lowest BCUT2D eigenvalue weighted by Gasteiger charge is -2.26. The van der Waals surface area contributed by atoms with Crippen molar-refractivity contribution in [3.8, 4) is 0 Å². The number of likely N-dealkylation sites (tertiary alicyclic amines) is 1. The summed E-state index contributed by atoms with van der Waals surface area (Å²) in [6, 6.07) is 2.09. The van der Waals surface area contributed by atoms with E-state index in [1.807, 2.05) is 27.9 Å². The highest BCUT2D eigenvalue weighted by Gasteiger charge is 2.16. The second-order valence-electron chi connectivity index (χ2n) is 5.07. The predicted octanol–water partition coefficient (Wildman–Crippen LogP) is 1.91. The second-order valence-corrected chi connectivity index (χ2v) is 5.07. The van der Waals surface area contributed by atoms with Crippen LogP contribution in [-0.4, -0.2) is 28.5 Å². The molecule has 0 spiro atoms. The molecular weight excluding hydrogens is 226 g/mol. The Morgan fingerprint density at radius 3 is 2.78 bits per heavy atom. The number of nitrogens with zero attached hydrogens (tertiary/aromatic N) is 2. The fourth-order valence-corrected chi connectivity index (χ4v) is 2.41. The van der Waals surface area contributed by atoms with Gasteiger partial charge in [-0.2, -0.15) is 0 Å². The van der Waals surface area contributed by atoms with Gasteiger partial charge in [0.05, 0.1) is 0 Å². The lowest BCUT2D eigenvalue weighted by atomic mass is 10.1. The van der Waals surface area contributed by atoms with Crippen molar-refractivity contribution in [1.29, 1.82) is 0 Å². The van der Waals surface area contributed by atoms with Gasteiger partial charge in [-0.15, -0.1) is 0 Å². The van der Waals surface area contributed by atoms with Gasteiger partial charge in [-0.1, -0.05) is 6.92 Å². The van der Waals surface area contributed by atoms with Crippen LogP contribution in [-0.2, 0) is 11.3 Å². The van der Waals surface area contributed by atoms with Crippen molar-refractivity contribution in [3.05, 3.63) is 24.0 Å². The molecule has 0 aromatic carbocycles. The van der Waals surface area contributed by atoms with Crippen molar-refractivity contribution in [1.82, 2.24) is 9.47 Å². The maximum absolute atomic E-state index is 12.1. The Hall–Kier alpha value is -1.29. The van der Waals surface area contributed by atoms with Crippen LogP contribution < -0.4 is 5.73 Å². The summed E-state index contributed by atoms with van der Waals surface area (Å²) in [6.07, 6.45) is 8.41.